The van der Waals surface area contributed by atoms with Crippen LogP contribution in [0.15, 0.2) is 79.4 Å². The van der Waals surface area contributed by atoms with Gasteiger partial charge in [-0.05, 0) is 98.7 Å². The van der Waals surface area contributed by atoms with Gasteiger partial charge >= 0.3 is 6.09 Å². The molecule has 6 unspecified atom stereocenters. The van der Waals surface area contributed by atoms with Crippen molar-refractivity contribution >= 4 is 56.4 Å². The highest BCUT2D eigenvalue weighted by Gasteiger charge is 2.46. The zero-order valence-electron chi connectivity index (χ0n) is 40.3. The monoisotopic (exact) mass is 954 g/mol. The normalized spacial score (nSPS) is 17.9. The highest BCUT2D eigenvalue weighted by Crippen LogP contribution is 2.31. The molecule has 6 atom stereocenters. The Kier molecular flexibility index (Phi) is 17.1. The van der Waals surface area contributed by atoms with Gasteiger partial charge in [0.05, 0.1) is 5.25 Å². The van der Waals surface area contributed by atoms with Crippen molar-refractivity contribution in [1.29, 1.82) is 0 Å². The Bertz CT molecular complexity index is 2500. The van der Waals surface area contributed by atoms with Gasteiger partial charge in [-0.3, -0.25) is 33.6 Å². The van der Waals surface area contributed by atoms with Crippen molar-refractivity contribution in [2.45, 2.75) is 128 Å². The number of nitrogens with one attached hydrogen (secondary N) is 4. The van der Waals surface area contributed by atoms with E-state index in [9.17, 15) is 37.2 Å². The quantitative estimate of drug-likeness (QED) is 0.0954. The minimum Gasteiger partial charge on any atom is -0.481 e. The fourth-order valence-electron chi connectivity index (χ4n) is 7.88. The molecule has 0 spiro atoms. The second-order valence-corrected chi connectivity index (χ2v) is 21.7. The number of carbonyl (C=O) groups excluding carboxylic acids is 6. The first-order chi connectivity index (χ1) is 31.9. The molecule has 6 amide bonds. The molecule has 1 aliphatic carbocycles. The van der Waals surface area contributed by atoms with Gasteiger partial charge in [-0.2, -0.15) is 0 Å². The van der Waals surface area contributed by atoms with E-state index < -0.39 is 92.1 Å². The average Bonchev–Trinajstić information content (AvgIpc) is 4.06. The van der Waals surface area contributed by atoms with Gasteiger partial charge in [0.1, 0.15) is 48.2 Å². The van der Waals surface area contributed by atoms with Crippen LogP contribution in [0.4, 0.5) is 4.79 Å². The van der Waals surface area contributed by atoms with Crippen LogP contribution in [-0.4, -0.2) is 115 Å². The highest BCUT2D eigenvalue weighted by molar-refractivity contribution is 7.90. The second kappa shape index (κ2) is 22.1. The largest absolute Gasteiger partial charge is 0.481 e. The van der Waals surface area contributed by atoms with Crippen molar-refractivity contribution in [2.24, 2.45) is 11.3 Å². The summed E-state index contributed by atoms with van der Waals surface area (Å²) in [6.07, 6.45) is 7.63. The lowest BCUT2D eigenvalue weighted by molar-refractivity contribution is -0.145. The molecule has 16 nitrogen and oxygen atoms in total. The maximum absolute atomic E-state index is 14.8. The molecule has 3 aromatic rings. The summed E-state index contributed by atoms with van der Waals surface area (Å²) in [5.41, 5.74) is -0.439. The summed E-state index contributed by atoms with van der Waals surface area (Å²) in [6.45, 7) is 16.0. The van der Waals surface area contributed by atoms with Crippen LogP contribution in [0.3, 0.4) is 0 Å². The van der Waals surface area contributed by atoms with Gasteiger partial charge < -0.3 is 30.3 Å². The van der Waals surface area contributed by atoms with Crippen LogP contribution in [0.25, 0.3) is 10.8 Å². The van der Waals surface area contributed by atoms with Crippen LogP contribution in [0.1, 0.15) is 85.3 Å². The summed E-state index contributed by atoms with van der Waals surface area (Å²) in [5.74, 6) is -0.858. The fourth-order valence-corrected chi connectivity index (χ4v) is 9.23. The van der Waals surface area contributed by atoms with Crippen molar-refractivity contribution in [2.75, 3.05) is 20.2 Å². The maximum atomic E-state index is 14.8. The topological polar surface area (TPSA) is 210 Å². The molecule has 68 heavy (non-hydrogen) atoms. The zero-order valence-corrected chi connectivity index (χ0v) is 41.1. The Labute approximate surface area is 400 Å². The van der Waals surface area contributed by atoms with E-state index in [1.165, 1.54) is 18.9 Å². The molecule has 1 heterocycles. The van der Waals surface area contributed by atoms with Crippen LogP contribution >= 0.6 is 0 Å². The second-order valence-electron chi connectivity index (χ2n) is 19.8. The first-order valence-corrected chi connectivity index (χ1v) is 24.4. The van der Waals surface area contributed by atoms with E-state index in [1.54, 1.807) is 71.9 Å². The minimum atomic E-state index is -4.02. The van der Waals surface area contributed by atoms with Crippen LogP contribution in [-0.2, 0) is 51.6 Å². The number of ether oxygens (including phenoxy) is 2. The highest BCUT2D eigenvalue weighted by atomic mass is 32.2. The van der Waals surface area contributed by atoms with Gasteiger partial charge in [-0.15, -0.1) is 13.0 Å². The smallest absolute Gasteiger partial charge is 0.410 e. The first-order valence-electron chi connectivity index (χ1n) is 22.9. The molecule has 1 saturated heterocycles. The molecular formula is C51H66N6O10S. The SMILES string of the molecule is C#CCOc1ccc(CC(NC(=O)C(Cc2ccc3ccccc3c2)NC(=O)C2CC(CC=C)CN2C(=O)C(NC(=O)C(C)N(C)C(=O)OC(C)(C)C)C(C)(C)C)C(=O)NS(=O)(=O)C2CC2)cc1. The number of likely N-dealkylation sites (tertiary alicyclic amines) is 1. The molecule has 0 radical (unpaired) electrons. The van der Waals surface area contributed by atoms with Crippen LogP contribution < -0.4 is 25.4 Å². The third-order valence-corrected chi connectivity index (χ3v) is 13.8. The molecule has 4 N–H and O–H groups in total. The number of hydrogen-bond donors (Lipinski definition) is 4. The summed E-state index contributed by atoms with van der Waals surface area (Å²) in [7, 11) is -2.59. The first kappa shape index (κ1) is 52.6. The number of terminal acetylenes is 1. The number of likely N-dealkylation sites (N-methyl/N-ethyl adjacent to an activating group) is 1. The van der Waals surface area contributed by atoms with E-state index in [4.69, 9.17) is 15.9 Å². The number of nitrogens with zero attached hydrogens (tertiary/aromatic N) is 2. The van der Waals surface area contributed by atoms with E-state index >= 15 is 0 Å². The molecule has 1 aliphatic heterocycles. The lowest BCUT2D eigenvalue weighted by Gasteiger charge is -2.37. The number of hydrogen-bond acceptors (Lipinski definition) is 10. The third kappa shape index (κ3) is 14.3. The van der Waals surface area contributed by atoms with Gasteiger partial charge in [0.2, 0.25) is 33.7 Å². The number of allylic oxidation sites excluding steroid dienone is 1. The molecule has 17 heteroatoms. The van der Waals surface area contributed by atoms with E-state index in [1.807, 2.05) is 42.5 Å². The number of fused-ring (bicyclic) bond motifs is 1. The van der Waals surface area contributed by atoms with E-state index in [2.05, 4.69) is 33.2 Å². The fraction of sp³-hybridized carbons (Fsp3) is 0.490. The molecular weight excluding hydrogens is 889 g/mol. The standard InChI is InChI=1S/C51H66N6O10S/c1-11-15-35-30-42(57(31-35)48(62)43(50(4,5)6)54-44(58)32(3)56(10)49(63)67-51(7,8)9)47(61)53-40(29-34-18-21-36-16-13-14-17-37(36)27-34)45(59)52-41(46(60)55-68(64,65)39-24-25-39)28-33-19-22-38(23-20-33)66-26-12-2/h2,11,13-14,16-23,27,32,35,39-43H,1,15,24-26,28-31H2,3-10H3,(H,52,59)(H,53,61)(H,54,58)(H,55,60). The summed E-state index contributed by atoms with van der Waals surface area (Å²) < 4.78 is 39.1. The van der Waals surface area contributed by atoms with Crippen molar-refractivity contribution in [3.8, 4) is 18.1 Å². The van der Waals surface area contributed by atoms with Crippen LogP contribution in [0.2, 0.25) is 0 Å². The van der Waals surface area contributed by atoms with Crippen molar-refractivity contribution in [3.63, 3.8) is 0 Å². The predicted molar refractivity (Wildman–Crippen MR) is 259 cm³/mol. The van der Waals surface area contributed by atoms with Gasteiger partial charge in [-0.1, -0.05) is 87.4 Å². The Morgan fingerprint density at radius 3 is 2.09 bits per heavy atom. The molecule has 366 valence electrons. The summed E-state index contributed by atoms with van der Waals surface area (Å²) in [6, 6.07) is 13.9. The average molecular weight is 955 g/mol. The van der Waals surface area contributed by atoms with E-state index in [-0.39, 0.29) is 38.3 Å². The van der Waals surface area contributed by atoms with Crippen LogP contribution in [0, 0.1) is 23.7 Å². The van der Waals surface area contributed by atoms with Gasteiger partial charge in [0.15, 0.2) is 0 Å². The van der Waals surface area contributed by atoms with E-state index in [0.717, 1.165) is 15.7 Å². The lowest BCUT2D eigenvalue weighted by Crippen LogP contribution is -2.61. The van der Waals surface area contributed by atoms with Crippen molar-refractivity contribution in [1.82, 2.24) is 30.5 Å². The Morgan fingerprint density at radius 1 is 0.868 bits per heavy atom. The Hall–Kier alpha value is -6.41. The van der Waals surface area contributed by atoms with Crippen LogP contribution in [0.5, 0.6) is 5.75 Å². The number of benzene rings is 3. The predicted octanol–water partition coefficient (Wildman–Crippen LogP) is 4.79. The minimum absolute atomic E-state index is 0.0354. The summed E-state index contributed by atoms with van der Waals surface area (Å²) in [4.78, 5) is 87.3. The number of carbonyl (C=O) groups is 6. The molecule has 0 aromatic heterocycles. The van der Waals surface area contributed by atoms with Gasteiger partial charge in [0, 0.05) is 26.4 Å². The zero-order chi connectivity index (χ0) is 50.1. The Morgan fingerprint density at radius 2 is 1.49 bits per heavy atom. The van der Waals surface area contributed by atoms with Gasteiger partial charge in [0.25, 0.3) is 5.91 Å². The lowest BCUT2D eigenvalue weighted by atomic mass is 9.85. The molecule has 2 aliphatic rings. The van der Waals surface area contributed by atoms with Gasteiger partial charge in [-0.25, -0.2) is 13.2 Å². The third-order valence-electron chi connectivity index (χ3n) is 11.9. The number of sulfonamides is 1. The molecule has 0 bridgehead atoms. The van der Waals surface area contributed by atoms with Crippen molar-refractivity contribution in [3.05, 3.63) is 90.5 Å². The maximum Gasteiger partial charge on any atom is 0.410 e. The Balaban J connectivity index is 1.45. The number of rotatable bonds is 19. The molecule has 5 rings (SSSR count). The van der Waals surface area contributed by atoms with Crippen molar-refractivity contribution < 1.29 is 46.7 Å². The number of amides is 6. The summed E-state index contributed by atoms with van der Waals surface area (Å²) >= 11 is 0. The molecule has 3 aromatic carbocycles. The molecule has 1 saturated carbocycles. The molecule has 2 fully saturated rings. The van der Waals surface area contributed by atoms with E-state index in [0.29, 0.717) is 36.1 Å². The summed E-state index contributed by atoms with van der Waals surface area (Å²) in [5, 5.41) is 9.60.